The Hall–Kier alpha value is -2.58. The van der Waals surface area contributed by atoms with Crippen LogP contribution in [0.5, 0.6) is 0 Å². The van der Waals surface area contributed by atoms with Gasteiger partial charge in [0, 0.05) is 56.7 Å². The van der Waals surface area contributed by atoms with Crippen molar-refractivity contribution in [3.05, 3.63) is 47.6 Å². The highest BCUT2D eigenvalue weighted by atomic mass is 16.5. The first-order valence-electron chi connectivity index (χ1n) is 11.3. The minimum absolute atomic E-state index is 0.0170. The molecule has 8 heteroatoms. The van der Waals surface area contributed by atoms with Crippen molar-refractivity contribution in [1.29, 1.82) is 0 Å². The molecule has 31 heavy (non-hydrogen) atoms. The van der Waals surface area contributed by atoms with E-state index in [1.165, 1.54) is 5.57 Å². The van der Waals surface area contributed by atoms with Crippen LogP contribution in [0.2, 0.25) is 0 Å². The summed E-state index contributed by atoms with van der Waals surface area (Å²) in [5.41, 5.74) is 2.01. The maximum atomic E-state index is 13.1. The molecule has 4 atom stereocenters. The number of rotatable bonds is 3. The van der Waals surface area contributed by atoms with Gasteiger partial charge in [-0.2, -0.15) is 0 Å². The Bertz CT molecular complexity index is 1010. The molecule has 1 saturated carbocycles. The number of hydrogen-bond acceptors (Lipinski definition) is 6. The standard InChI is InChI=1S/C23H28N6O2/c1-14-10-28(13-19-24-5-2-6-25-19)11-16-20(14)17-12-29-18(23(30)27-21(16)17)9-26-22(29)15-3-7-31-8-4-15/h2,5-6,9,12,14-16,20-21H,3-4,7-8,10-11,13H2,1H3,(H,27,30)/t14-,16-,20+,21?/m1/s1. The van der Waals surface area contributed by atoms with Crippen LogP contribution >= 0.6 is 0 Å². The van der Waals surface area contributed by atoms with Crippen molar-refractivity contribution in [3.8, 4) is 0 Å². The molecular weight excluding hydrogens is 392 g/mol. The van der Waals surface area contributed by atoms with Gasteiger partial charge >= 0.3 is 0 Å². The Labute approximate surface area is 181 Å². The number of likely N-dealkylation sites (tertiary alicyclic amines) is 1. The van der Waals surface area contributed by atoms with Crippen LogP contribution in [-0.4, -0.2) is 62.7 Å². The smallest absolute Gasteiger partial charge is 0.270 e. The molecular formula is C23H28N6O2. The van der Waals surface area contributed by atoms with E-state index in [2.05, 4.69) is 42.9 Å². The van der Waals surface area contributed by atoms with Crippen LogP contribution in [-0.2, 0) is 11.3 Å². The van der Waals surface area contributed by atoms with Gasteiger partial charge in [-0.15, -0.1) is 0 Å². The van der Waals surface area contributed by atoms with Crippen molar-refractivity contribution >= 4 is 12.1 Å². The third-order valence-corrected chi connectivity index (χ3v) is 7.46. The number of carbonyl (C=O) groups is 1. The van der Waals surface area contributed by atoms with Crippen LogP contribution < -0.4 is 5.32 Å². The fraction of sp³-hybridized carbons (Fsp3) is 0.565. The number of carbonyl (C=O) groups excluding carboxylic acids is 1. The molecule has 2 saturated heterocycles. The van der Waals surface area contributed by atoms with Gasteiger partial charge in [0.2, 0.25) is 0 Å². The predicted octanol–water partition coefficient (Wildman–Crippen LogP) is 1.92. The summed E-state index contributed by atoms with van der Waals surface area (Å²) in [6, 6.07) is 1.95. The normalized spacial score (nSPS) is 30.9. The summed E-state index contributed by atoms with van der Waals surface area (Å²) < 4.78 is 7.61. The molecule has 1 N–H and O–H groups in total. The first-order valence-corrected chi connectivity index (χ1v) is 11.3. The molecule has 2 aromatic heterocycles. The topological polar surface area (TPSA) is 85.2 Å². The number of amides is 1. The van der Waals surface area contributed by atoms with Crippen LogP contribution in [0.25, 0.3) is 6.20 Å². The summed E-state index contributed by atoms with van der Waals surface area (Å²) >= 11 is 0. The van der Waals surface area contributed by atoms with Gasteiger partial charge in [0.1, 0.15) is 17.3 Å². The second-order valence-corrected chi connectivity index (χ2v) is 9.36. The molecule has 3 aliphatic heterocycles. The lowest BCUT2D eigenvalue weighted by molar-refractivity contribution is 0.0187. The van der Waals surface area contributed by atoms with Gasteiger partial charge in [-0.25, -0.2) is 15.0 Å². The SMILES string of the molecule is C[C@@H]1CN(Cc2ncccn2)C[C@H]2C3NC(=O)c4cnc(C5CCOCC5)n4C=C3[C@@H]12. The Morgan fingerprint density at radius 1 is 1.16 bits per heavy atom. The average Bonchev–Trinajstić information content (AvgIpc) is 3.16. The van der Waals surface area contributed by atoms with E-state index in [4.69, 9.17) is 4.74 Å². The highest BCUT2D eigenvalue weighted by Gasteiger charge is 2.53. The molecule has 6 rings (SSSR count). The molecule has 0 spiro atoms. The first kappa shape index (κ1) is 19.1. The number of nitrogens with one attached hydrogen (secondary N) is 1. The number of imidazole rings is 1. The lowest BCUT2D eigenvalue weighted by Gasteiger charge is -2.55. The quantitative estimate of drug-likeness (QED) is 0.817. The van der Waals surface area contributed by atoms with Crippen LogP contribution in [0.15, 0.2) is 30.2 Å². The Morgan fingerprint density at radius 3 is 2.77 bits per heavy atom. The molecule has 0 radical (unpaired) electrons. The van der Waals surface area contributed by atoms with Crippen molar-refractivity contribution in [1.82, 2.24) is 29.7 Å². The highest BCUT2D eigenvalue weighted by molar-refractivity contribution is 5.95. The van der Waals surface area contributed by atoms with E-state index >= 15 is 0 Å². The van der Waals surface area contributed by atoms with E-state index < -0.39 is 0 Å². The molecule has 0 aromatic carbocycles. The molecule has 1 unspecified atom stereocenters. The number of piperidine rings is 1. The summed E-state index contributed by atoms with van der Waals surface area (Å²) in [5.74, 6) is 3.63. The zero-order valence-corrected chi connectivity index (χ0v) is 17.8. The van der Waals surface area contributed by atoms with E-state index in [-0.39, 0.29) is 11.9 Å². The zero-order chi connectivity index (χ0) is 20.9. The monoisotopic (exact) mass is 420 g/mol. The van der Waals surface area contributed by atoms with Crippen molar-refractivity contribution < 1.29 is 9.53 Å². The van der Waals surface area contributed by atoms with Gasteiger partial charge in [-0.3, -0.25) is 14.3 Å². The molecule has 0 bridgehead atoms. The molecule has 2 aromatic rings. The van der Waals surface area contributed by atoms with Gasteiger partial charge in [0.05, 0.1) is 18.8 Å². The fourth-order valence-corrected chi connectivity index (χ4v) is 6.05. The minimum Gasteiger partial charge on any atom is -0.381 e. The number of fused-ring (bicyclic) bond motifs is 5. The van der Waals surface area contributed by atoms with Crippen LogP contribution in [0.4, 0.5) is 0 Å². The lowest BCUT2D eigenvalue weighted by Crippen LogP contribution is -2.63. The number of aromatic nitrogens is 4. The van der Waals surface area contributed by atoms with Crippen molar-refractivity contribution in [3.63, 3.8) is 0 Å². The van der Waals surface area contributed by atoms with Crippen molar-refractivity contribution in [2.45, 2.75) is 38.3 Å². The number of ether oxygens (including phenoxy) is 1. The van der Waals surface area contributed by atoms with Crippen molar-refractivity contribution in [2.24, 2.45) is 17.8 Å². The van der Waals surface area contributed by atoms with Crippen LogP contribution in [0.1, 0.15) is 47.8 Å². The molecule has 5 heterocycles. The van der Waals surface area contributed by atoms with Gasteiger partial charge < -0.3 is 10.1 Å². The largest absolute Gasteiger partial charge is 0.381 e. The molecule has 1 amide bonds. The summed E-state index contributed by atoms with van der Waals surface area (Å²) in [6.45, 7) is 6.58. The van der Waals surface area contributed by atoms with E-state index in [0.29, 0.717) is 29.4 Å². The molecule has 162 valence electrons. The van der Waals surface area contributed by atoms with Gasteiger partial charge in [-0.1, -0.05) is 6.92 Å². The zero-order valence-electron chi connectivity index (χ0n) is 17.8. The predicted molar refractivity (Wildman–Crippen MR) is 114 cm³/mol. The summed E-state index contributed by atoms with van der Waals surface area (Å²) in [5, 5.41) is 3.30. The summed E-state index contributed by atoms with van der Waals surface area (Å²) in [7, 11) is 0. The van der Waals surface area contributed by atoms with Crippen LogP contribution in [0.3, 0.4) is 0 Å². The second kappa shape index (κ2) is 7.53. The maximum absolute atomic E-state index is 13.1. The Kier molecular flexibility index (Phi) is 4.65. The molecule has 3 fully saturated rings. The third-order valence-electron chi connectivity index (χ3n) is 7.46. The minimum atomic E-state index is -0.0170. The Morgan fingerprint density at radius 2 is 1.97 bits per heavy atom. The molecule has 1 aliphatic carbocycles. The summed E-state index contributed by atoms with van der Waals surface area (Å²) in [4.78, 5) is 28.9. The van der Waals surface area contributed by atoms with E-state index in [1.54, 1.807) is 18.6 Å². The molecule has 8 nitrogen and oxygen atoms in total. The highest BCUT2D eigenvalue weighted by Crippen LogP contribution is 2.49. The number of nitrogens with zero attached hydrogens (tertiary/aromatic N) is 5. The third kappa shape index (κ3) is 3.20. The van der Waals surface area contributed by atoms with Gasteiger partial charge in [-0.05, 0) is 36.3 Å². The van der Waals surface area contributed by atoms with Gasteiger partial charge in [0.15, 0.2) is 0 Å². The Balaban J connectivity index is 1.27. The van der Waals surface area contributed by atoms with E-state index in [9.17, 15) is 4.79 Å². The van der Waals surface area contributed by atoms with E-state index in [1.807, 2.05) is 6.07 Å². The first-order chi connectivity index (χ1) is 15.2. The lowest BCUT2D eigenvalue weighted by atomic mass is 9.58. The molecule has 4 aliphatic rings. The van der Waals surface area contributed by atoms with Gasteiger partial charge in [0.25, 0.3) is 5.91 Å². The average molecular weight is 421 g/mol. The summed E-state index contributed by atoms with van der Waals surface area (Å²) in [6.07, 6.45) is 9.49. The fourth-order valence-electron chi connectivity index (χ4n) is 6.05. The van der Waals surface area contributed by atoms with E-state index in [0.717, 1.165) is 57.3 Å². The second-order valence-electron chi connectivity index (χ2n) is 9.36. The van der Waals surface area contributed by atoms with Crippen LogP contribution in [0, 0.1) is 17.8 Å². The maximum Gasteiger partial charge on any atom is 0.270 e. The van der Waals surface area contributed by atoms with Crippen molar-refractivity contribution in [2.75, 3.05) is 26.3 Å². The number of hydrogen-bond donors (Lipinski definition) is 1.